The Labute approximate surface area is 277 Å². The molecular weight excluding hydrogens is 614 g/mol. The molecule has 1 fully saturated rings. The van der Waals surface area contributed by atoms with Gasteiger partial charge in [0, 0.05) is 19.0 Å². The topological polar surface area (TPSA) is 86.8 Å². The quantitative estimate of drug-likeness (QED) is 0.184. The van der Waals surface area contributed by atoms with E-state index in [0.717, 1.165) is 53.1 Å². The number of hydrogen-bond acceptors (Lipinski definition) is 4. The highest BCUT2D eigenvalue weighted by molar-refractivity contribution is 7.92. The standard InChI is InChI=1S/C38H42FN3O4S/c1-28-22-29(2)24-34(23-28)42(47(45,46)35-16-10-5-11-17-35)27-37(43)41(26-31-18-20-32(39)21-19-31)36(25-30-12-6-3-7-13-30)38(44)40-33-14-8-4-9-15-33/h3,5-7,10-13,16-24,33,36H,4,8-9,14-15,25-27H2,1-2H3,(H,40,44). The second-order valence-corrected chi connectivity index (χ2v) is 14.2. The summed E-state index contributed by atoms with van der Waals surface area (Å²) in [6.45, 7) is 3.19. The molecule has 5 rings (SSSR count). The number of anilines is 1. The van der Waals surface area contributed by atoms with E-state index in [-0.39, 0.29) is 29.8 Å². The van der Waals surface area contributed by atoms with Gasteiger partial charge in [-0.2, -0.15) is 0 Å². The van der Waals surface area contributed by atoms with Gasteiger partial charge in [0.05, 0.1) is 10.6 Å². The van der Waals surface area contributed by atoms with Gasteiger partial charge in [-0.15, -0.1) is 0 Å². The zero-order chi connectivity index (χ0) is 33.4. The number of hydrogen-bond donors (Lipinski definition) is 1. The number of nitrogens with zero attached hydrogens (tertiary/aromatic N) is 2. The van der Waals surface area contributed by atoms with E-state index in [1.165, 1.54) is 29.2 Å². The Balaban J connectivity index is 1.57. The molecule has 9 heteroatoms. The summed E-state index contributed by atoms with van der Waals surface area (Å²) < 4.78 is 43.4. The SMILES string of the molecule is Cc1cc(C)cc(N(CC(=O)N(Cc2ccc(F)cc2)C(Cc2ccccc2)C(=O)NC2CCCCC2)S(=O)(=O)c2ccccc2)c1. The molecule has 1 aliphatic carbocycles. The Morgan fingerprint density at radius 3 is 2.02 bits per heavy atom. The molecule has 0 spiro atoms. The second-order valence-electron chi connectivity index (χ2n) is 12.4. The van der Waals surface area contributed by atoms with Crippen LogP contribution in [0, 0.1) is 19.7 Å². The Kier molecular flexibility index (Phi) is 11.1. The number of benzene rings is 4. The number of carbonyl (C=O) groups is 2. The maximum Gasteiger partial charge on any atom is 0.264 e. The molecule has 1 aliphatic rings. The number of rotatable bonds is 12. The van der Waals surface area contributed by atoms with E-state index in [9.17, 15) is 22.4 Å². The Morgan fingerprint density at radius 2 is 1.40 bits per heavy atom. The fourth-order valence-corrected chi connectivity index (χ4v) is 7.65. The highest BCUT2D eigenvalue weighted by Gasteiger charge is 2.35. The van der Waals surface area contributed by atoms with Gasteiger partial charge in [-0.05, 0) is 85.3 Å². The van der Waals surface area contributed by atoms with Crippen molar-refractivity contribution >= 4 is 27.5 Å². The summed E-state index contributed by atoms with van der Waals surface area (Å²) in [7, 11) is -4.19. The smallest absolute Gasteiger partial charge is 0.264 e. The van der Waals surface area contributed by atoms with Gasteiger partial charge in [0.1, 0.15) is 18.4 Å². The molecule has 1 atom stereocenters. The summed E-state index contributed by atoms with van der Waals surface area (Å²) in [6.07, 6.45) is 5.13. The molecule has 0 aromatic heterocycles. The van der Waals surface area contributed by atoms with Crippen LogP contribution in [-0.2, 0) is 32.6 Å². The minimum atomic E-state index is -4.19. The minimum absolute atomic E-state index is 0.00234. The molecule has 1 unspecified atom stereocenters. The molecule has 1 N–H and O–H groups in total. The average molecular weight is 656 g/mol. The average Bonchev–Trinajstić information content (AvgIpc) is 3.06. The number of halogens is 1. The number of nitrogens with one attached hydrogen (secondary N) is 1. The lowest BCUT2D eigenvalue weighted by atomic mass is 9.94. The summed E-state index contributed by atoms with van der Waals surface area (Å²) in [6, 6.07) is 27.7. The molecule has 0 bridgehead atoms. The van der Waals surface area contributed by atoms with Crippen LogP contribution in [0.2, 0.25) is 0 Å². The summed E-state index contributed by atoms with van der Waals surface area (Å²) in [4.78, 5) is 30.3. The molecule has 0 aliphatic heterocycles. The van der Waals surface area contributed by atoms with Crippen LogP contribution in [0.1, 0.15) is 54.4 Å². The third kappa shape index (κ3) is 8.86. The molecule has 1 saturated carbocycles. The minimum Gasteiger partial charge on any atom is -0.352 e. The molecule has 0 saturated heterocycles. The van der Waals surface area contributed by atoms with Crippen LogP contribution in [0.25, 0.3) is 0 Å². The normalized spacial score (nSPS) is 14.3. The van der Waals surface area contributed by atoms with Crippen molar-refractivity contribution in [3.8, 4) is 0 Å². The number of aryl methyl sites for hydroxylation is 2. The fraction of sp³-hybridized carbons (Fsp3) is 0.316. The van der Waals surface area contributed by atoms with Crippen molar-refractivity contribution in [3.05, 3.63) is 131 Å². The van der Waals surface area contributed by atoms with Gasteiger partial charge in [-0.1, -0.05) is 86.0 Å². The molecule has 0 heterocycles. The Bertz CT molecular complexity index is 1740. The monoisotopic (exact) mass is 655 g/mol. The van der Waals surface area contributed by atoms with Crippen LogP contribution in [0.3, 0.4) is 0 Å². The Hall–Kier alpha value is -4.50. The van der Waals surface area contributed by atoms with Crippen molar-refractivity contribution in [2.75, 3.05) is 10.8 Å². The molecular formula is C38H42FN3O4S. The third-order valence-corrected chi connectivity index (χ3v) is 10.4. The maximum atomic E-state index is 14.6. The lowest BCUT2D eigenvalue weighted by Crippen LogP contribution is -2.55. The van der Waals surface area contributed by atoms with Crippen LogP contribution < -0.4 is 9.62 Å². The number of carbonyl (C=O) groups excluding carboxylic acids is 2. The van der Waals surface area contributed by atoms with Crippen LogP contribution in [0.4, 0.5) is 10.1 Å². The van der Waals surface area contributed by atoms with E-state index in [2.05, 4.69) is 5.32 Å². The zero-order valence-electron chi connectivity index (χ0n) is 26.9. The predicted octanol–water partition coefficient (Wildman–Crippen LogP) is 6.73. The first kappa shape index (κ1) is 33.9. The highest BCUT2D eigenvalue weighted by Crippen LogP contribution is 2.27. The van der Waals surface area contributed by atoms with Gasteiger partial charge in [0.2, 0.25) is 11.8 Å². The summed E-state index contributed by atoms with van der Waals surface area (Å²) in [5.41, 5.74) is 3.52. The largest absolute Gasteiger partial charge is 0.352 e. The van der Waals surface area contributed by atoms with Crippen LogP contribution in [0.5, 0.6) is 0 Å². The molecule has 7 nitrogen and oxygen atoms in total. The van der Waals surface area contributed by atoms with Crippen molar-refractivity contribution in [3.63, 3.8) is 0 Å². The van der Waals surface area contributed by atoms with E-state index >= 15 is 0 Å². The second kappa shape index (κ2) is 15.4. The molecule has 246 valence electrons. The van der Waals surface area contributed by atoms with Crippen molar-refractivity contribution in [1.82, 2.24) is 10.2 Å². The maximum absolute atomic E-state index is 14.6. The number of amides is 2. The van der Waals surface area contributed by atoms with Crippen molar-refractivity contribution in [1.29, 1.82) is 0 Å². The highest BCUT2D eigenvalue weighted by atomic mass is 32.2. The molecule has 47 heavy (non-hydrogen) atoms. The van der Waals surface area contributed by atoms with Crippen molar-refractivity contribution in [2.45, 2.75) is 75.9 Å². The molecule has 2 amide bonds. The summed E-state index contributed by atoms with van der Waals surface area (Å²) in [5.74, 6) is -1.26. The van der Waals surface area contributed by atoms with Gasteiger partial charge in [0.15, 0.2) is 0 Å². The predicted molar refractivity (Wildman–Crippen MR) is 183 cm³/mol. The molecule has 0 radical (unpaired) electrons. The zero-order valence-corrected chi connectivity index (χ0v) is 27.8. The summed E-state index contributed by atoms with van der Waals surface area (Å²) >= 11 is 0. The van der Waals surface area contributed by atoms with Crippen LogP contribution in [-0.4, -0.2) is 43.8 Å². The van der Waals surface area contributed by atoms with Gasteiger partial charge < -0.3 is 10.2 Å². The Morgan fingerprint density at radius 1 is 0.809 bits per heavy atom. The lowest BCUT2D eigenvalue weighted by Gasteiger charge is -2.35. The van der Waals surface area contributed by atoms with Gasteiger partial charge in [-0.3, -0.25) is 13.9 Å². The first-order chi connectivity index (χ1) is 22.6. The molecule has 4 aromatic rings. The van der Waals surface area contributed by atoms with E-state index in [1.807, 2.05) is 50.2 Å². The summed E-state index contributed by atoms with van der Waals surface area (Å²) in [5, 5.41) is 3.20. The first-order valence-electron chi connectivity index (χ1n) is 16.1. The van der Waals surface area contributed by atoms with E-state index in [0.29, 0.717) is 11.3 Å². The van der Waals surface area contributed by atoms with Gasteiger partial charge >= 0.3 is 0 Å². The number of sulfonamides is 1. The van der Waals surface area contributed by atoms with Crippen molar-refractivity contribution < 1.29 is 22.4 Å². The van der Waals surface area contributed by atoms with E-state index < -0.39 is 34.3 Å². The van der Waals surface area contributed by atoms with Gasteiger partial charge in [0.25, 0.3) is 10.0 Å². The third-order valence-electron chi connectivity index (χ3n) is 8.59. The van der Waals surface area contributed by atoms with E-state index in [4.69, 9.17) is 0 Å². The van der Waals surface area contributed by atoms with Crippen LogP contribution >= 0.6 is 0 Å². The van der Waals surface area contributed by atoms with E-state index in [1.54, 1.807) is 42.5 Å². The van der Waals surface area contributed by atoms with Gasteiger partial charge in [-0.25, -0.2) is 12.8 Å². The fourth-order valence-electron chi connectivity index (χ4n) is 6.23. The first-order valence-corrected chi connectivity index (χ1v) is 17.6. The lowest BCUT2D eigenvalue weighted by molar-refractivity contribution is -0.140. The van der Waals surface area contributed by atoms with Crippen LogP contribution in [0.15, 0.2) is 108 Å². The van der Waals surface area contributed by atoms with Crippen molar-refractivity contribution in [2.24, 2.45) is 0 Å². The molecule has 4 aromatic carbocycles.